The summed E-state index contributed by atoms with van der Waals surface area (Å²) in [5.41, 5.74) is 2.87. The van der Waals surface area contributed by atoms with Gasteiger partial charge in [-0.15, -0.1) is 0 Å². The fourth-order valence-corrected chi connectivity index (χ4v) is 2.76. The Morgan fingerprint density at radius 3 is 2.38 bits per heavy atom. The minimum absolute atomic E-state index is 0.0222. The standard InChI is InChI=1S/C19H18N2O3/c1-13(2)15-5-3-14(4-6-15)12-20-18-9-8-17(21(23)24)11-16(18)7-10-19(20)22/h3-11,13H,12H2,1-2H3. The van der Waals surface area contributed by atoms with Crippen molar-refractivity contribution in [3.63, 3.8) is 0 Å². The van der Waals surface area contributed by atoms with Crippen LogP contribution in [0.15, 0.2) is 59.4 Å². The minimum Gasteiger partial charge on any atom is -0.304 e. The molecule has 0 atom stereocenters. The van der Waals surface area contributed by atoms with Gasteiger partial charge in [0.25, 0.3) is 11.2 Å². The fourth-order valence-electron chi connectivity index (χ4n) is 2.76. The lowest BCUT2D eigenvalue weighted by atomic mass is 10.0. The highest BCUT2D eigenvalue weighted by Crippen LogP contribution is 2.21. The average Bonchev–Trinajstić information content (AvgIpc) is 2.57. The normalized spacial score (nSPS) is 11.1. The molecule has 1 heterocycles. The number of hydrogen-bond donors (Lipinski definition) is 0. The number of nitro benzene ring substituents is 1. The van der Waals surface area contributed by atoms with Gasteiger partial charge in [0.1, 0.15) is 0 Å². The van der Waals surface area contributed by atoms with Gasteiger partial charge < -0.3 is 4.57 Å². The molecule has 2 aromatic carbocycles. The average molecular weight is 322 g/mol. The van der Waals surface area contributed by atoms with E-state index in [2.05, 4.69) is 26.0 Å². The smallest absolute Gasteiger partial charge is 0.270 e. The number of rotatable bonds is 4. The molecule has 0 aliphatic heterocycles. The molecule has 5 nitrogen and oxygen atoms in total. The SMILES string of the molecule is CC(C)c1ccc(Cn2c(=O)ccc3cc([N+](=O)[O-])ccc32)cc1. The van der Waals surface area contributed by atoms with Crippen LogP contribution in [0.4, 0.5) is 5.69 Å². The van der Waals surface area contributed by atoms with Crippen molar-refractivity contribution < 1.29 is 4.92 Å². The van der Waals surface area contributed by atoms with Gasteiger partial charge in [0.15, 0.2) is 0 Å². The Morgan fingerprint density at radius 2 is 1.75 bits per heavy atom. The van der Waals surface area contributed by atoms with Crippen LogP contribution in [0, 0.1) is 10.1 Å². The van der Waals surface area contributed by atoms with Crippen LogP contribution in [0.1, 0.15) is 30.9 Å². The van der Waals surface area contributed by atoms with Gasteiger partial charge in [-0.25, -0.2) is 0 Å². The Balaban J connectivity index is 2.03. The van der Waals surface area contributed by atoms with E-state index in [9.17, 15) is 14.9 Å². The summed E-state index contributed by atoms with van der Waals surface area (Å²) in [4.78, 5) is 22.7. The number of nitro groups is 1. The molecule has 0 spiro atoms. The van der Waals surface area contributed by atoms with E-state index in [0.29, 0.717) is 23.4 Å². The number of pyridine rings is 1. The summed E-state index contributed by atoms with van der Waals surface area (Å²) < 4.78 is 1.64. The second-order valence-electron chi connectivity index (χ2n) is 6.15. The number of hydrogen-bond acceptors (Lipinski definition) is 3. The number of aromatic nitrogens is 1. The molecule has 0 N–H and O–H groups in total. The summed E-state index contributed by atoms with van der Waals surface area (Å²) in [6, 6.07) is 15.8. The Hall–Kier alpha value is -2.95. The van der Waals surface area contributed by atoms with Gasteiger partial charge in [0.05, 0.1) is 17.0 Å². The van der Waals surface area contributed by atoms with Crippen molar-refractivity contribution in [1.82, 2.24) is 4.57 Å². The molecule has 0 amide bonds. The molecule has 0 saturated heterocycles. The first-order chi connectivity index (χ1) is 11.5. The van der Waals surface area contributed by atoms with E-state index in [4.69, 9.17) is 0 Å². The summed E-state index contributed by atoms with van der Waals surface area (Å²) in [5.74, 6) is 0.458. The number of non-ortho nitro benzene ring substituents is 1. The van der Waals surface area contributed by atoms with Gasteiger partial charge in [0, 0.05) is 23.6 Å². The van der Waals surface area contributed by atoms with E-state index in [1.165, 1.54) is 23.8 Å². The van der Waals surface area contributed by atoms with E-state index in [-0.39, 0.29) is 11.2 Å². The second kappa shape index (κ2) is 6.28. The van der Waals surface area contributed by atoms with Crippen molar-refractivity contribution in [2.75, 3.05) is 0 Å². The maximum Gasteiger partial charge on any atom is 0.270 e. The van der Waals surface area contributed by atoms with Crippen molar-refractivity contribution in [3.05, 3.63) is 86.2 Å². The zero-order valence-corrected chi connectivity index (χ0v) is 13.6. The molecule has 0 fully saturated rings. The van der Waals surface area contributed by atoms with Crippen LogP contribution in [0.5, 0.6) is 0 Å². The van der Waals surface area contributed by atoms with Crippen molar-refractivity contribution in [3.8, 4) is 0 Å². The Labute approximate surface area is 139 Å². The van der Waals surface area contributed by atoms with Gasteiger partial charge in [-0.3, -0.25) is 14.9 Å². The number of benzene rings is 2. The molecular formula is C19H18N2O3. The third kappa shape index (κ3) is 3.06. The van der Waals surface area contributed by atoms with Crippen LogP contribution in [-0.4, -0.2) is 9.49 Å². The molecule has 0 aliphatic rings. The van der Waals surface area contributed by atoms with Crippen molar-refractivity contribution in [2.24, 2.45) is 0 Å². The molecule has 24 heavy (non-hydrogen) atoms. The van der Waals surface area contributed by atoms with E-state index < -0.39 is 4.92 Å². The van der Waals surface area contributed by atoms with Gasteiger partial charge in [-0.05, 0) is 29.2 Å². The predicted octanol–water partition coefficient (Wildman–Crippen LogP) is 4.08. The van der Waals surface area contributed by atoms with Crippen LogP contribution in [0.2, 0.25) is 0 Å². The van der Waals surface area contributed by atoms with Gasteiger partial charge in [0.2, 0.25) is 0 Å². The lowest BCUT2D eigenvalue weighted by molar-refractivity contribution is -0.384. The van der Waals surface area contributed by atoms with Crippen molar-refractivity contribution in [2.45, 2.75) is 26.3 Å². The maximum absolute atomic E-state index is 12.3. The molecule has 3 aromatic rings. The van der Waals surface area contributed by atoms with Crippen LogP contribution < -0.4 is 5.56 Å². The first-order valence-corrected chi connectivity index (χ1v) is 7.82. The second-order valence-corrected chi connectivity index (χ2v) is 6.15. The summed E-state index contributed by atoms with van der Waals surface area (Å²) in [7, 11) is 0. The molecule has 122 valence electrons. The highest BCUT2D eigenvalue weighted by Gasteiger charge is 2.10. The summed E-state index contributed by atoms with van der Waals surface area (Å²) >= 11 is 0. The quantitative estimate of drug-likeness (QED) is 0.537. The van der Waals surface area contributed by atoms with E-state index >= 15 is 0 Å². The largest absolute Gasteiger partial charge is 0.304 e. The third-order valence-corrected chi connectivity index (χ3v) is 4.17. The van der Waals surface area contributed by atoms with Crippen LogP contribution >= 0.6 is 0 Å². The Bertz CT molecular complexity index is 957. The fraction of sp³-hybridized carbons (Fsp3) is 0.211. The lowest BCUT2D eigenvalue weighted by Crippen LogP contribution is -2.19. The summed E-state index contributed by atoms with van der Waals surface area (Å²) in [5, 5.41) is 11.6. The van der Waals surface area contributed by atoms with Gasteiger partial charge in [-0.2, -0.15) is 0 Å². The topological polar surface area (TPSA) is 65.1 Å². The zero-order chi connectivity index (χ0) is 17.3. The maximum atomic E-state index is 12.3. The zero-order valence-electron chi connectivity index (χ0n) is 13.6. The first kappa shape index (κ1) is 15.9. The van der Waals surface area contributed by atoms with Crippen molar-refractivity contribution in [1.29, 1.82) is 0 Å². The molecule has 0 radical (unpaired) electrons. The summed E-state index contributed by atoms with van der Waals surface area (Å²) in [6.07, 6.45) is 0. The van der Waals surface area contributed by atoms with Crippen LogP contribution in [0.25, 0.3) is 10.9 Å². The van der Waals surface area contributed by atoms with E-state index in [0.717, 1.165) is 5.56 Å². The van der Waals surface area contributed by atoms with Crippen molar-refractivity contribution >= 4 is 16.6 Å². The lowest BCUT2D eigenvalue weighted by Gasteiger charge is -2.11. The Morgan fingerprint density at radius 1 is 1.04 bits per heavy atom. The molecule has 3 rings (SSSR count). The number of fused-ring (bicyclic) bond motifs is 1. The molecule has 0 saturated carbocycles. The van der Waals surface area contributed by atoms with E-state index in [1.54, 1.807) is 16.7 Å². The molecular weight excluding hydrogens is 304 g/mol. The minimum atomic E-state index is -0.431. The van der Waals surface area contributed by atoms with Gasteiger partial charge in [-0.1, -0.05) is 38.1 Å². The molecule has 0 aliphatic carbocycles. The van der Waals surface area contributed by atoms with Crippen LogP contribution in [0.3, 0.4) is 0 Å². The molecule has 0 unspecified atom stereocenters. The van der Waals surface area contributed by atoms with E-state index in [1.807, 2.05) is 12.1 Å². The highest BCUT2D eigenvalue weighted by molar-refractivity contribution is 5.81. The first-order valence-electron chi connectivity index (χ1n) is 7.82. The molecule has 0 bridgehead atoms. The van der Waals surface area contributed by atoms with Gasteiger partial charge >= 0.3 is 0 Å². The Kier molecular flexibility index (Phi) is 4.16. The molecule has 1 aromatic heterocycles. The molecule has 5 heteroatoms. The monoisotopic (exact) mass is 322 g/mol. The number of nitrogens with zero attached hydrogens (tertiary/aromatic N) is 2. The predicted molar refractivity (Wildman–Crippen MR) is 94.5 cm³/mol. The summed E-state index contributed by atoms with van der Waals surface area (Å²) in [6.45, 7) is 4.71. The highest BCUT2D eigenvalue weighted by atomic mass is 16.6. The van der Waals surface area contributed by atoms with Crippen LogP contribution in [-0.2, 0) is 6.54 Å². The third-order valence-electron chi connectivity index (χ3n) is 4.17.